The third-order valence-corrected chi connectivity index (χ3v) is 4.33. The molecule has 1 amide bonds. The Morgan fingerprint density at radius 3 is 2.50 bits per heavy atom. The summed E-state index contributed by atoms with van der Waals surface area (Å²) in [5.41, 5.74) is 6.26. The van der Waals surface area contributed by atoms with E-state index >= 15 is 0 Å². The van der Waals surface area contributed by atoms with E-state index in [1.807, 2.05) is 56.3 Å². The van der Waals surface area contributed by atoms with Crippen LogP contribution in [0.4, 0.5) is 5.69 Å². The molecule has 6 heteroatoms. The van der Waals surface area contributed by atoms with Crippen LogP contribution in [-0.2, 0) is 10.2 Å². The largest absolute Gasteiger partial charge is 0.492 e. The Morgan fingerprint density at radius 1 is 1.12 bits per heavy atom. The van der Waals surface area contributed by atoms with Crippen molar-refractivity contribution < 1.29 is 19.0 Å². The first kappa shape index (κ1) is 18.1. The van der Waals surface area contributed by atoms with Crippen LogP contribution in [0.3, 0.4) is 0 Å². The lowest BCUT2D eigenvalue weighted by atomic mass is 9.83. The minimum absolute atomic E-state index is 0.107. The Hall–Kier alpha value is -2.73. The minimum Gasteiger partial charge on any atom is -0.492 e. The van der Waals surface area contributed by atoms with Gasteiger partial charge in [-0.15, -0.1) is 0 Å². The number of hydrogen-bond acceptors (Lipinski definition) is 5. The Kier molecular flexibility index (Phi) is 5.32. The van der Waals surface area contributed by atoms with E-state index in [1.54, 1.807) is 0 Å². The zero-order valence-electron chi connectivity index (χ0n) is 15.1. The highest BCUT2D eigenvalue weighted by Gasteiger charge is 2.31. The van der Waals surface area contributed by atoms with E-state index in [0.717, 1.165) is 11.3 Å². The summed E-state index contributed by atoms with van der Waals surface area (Å²) in [4.78, 5) is 12.8. The second-order valence-corrected chi connectivity index (χ2v) is 6.60. The molecule has 0 aromatic heterocycles. The summed E-state index contributed by atoms with van der Waals surface area (Å²) in [6.45, 7) is 5.74. The zero-order valence-corrected chi connectivity index (χ0v) is 15.1. The molecule has 138 valence electrons. The molecule has 3 rings (SSSR count). The number of carbonyl (C=O) groups excluding carboxylic acids is 1. The second-order valence-electron chi connectivity index (χ2n) is 6.60. The lowest BCUT2D eigenvalue weighted by Gasteiger charge is -2.26. The lowest BCUT2D eigenvalue weighted by molar-refractivity contribution is -0.120. The van der Waals surface area contributed by atoms with Crippen molar-refractivity contribution in [2.24, 2.45) is 5.73 Å². The first-order valence-electron chi connectivity index (χ1n) is 8.65. The minimum atomic E-state index is -0.732. The van der Waals surface area contributed by atoms with Gasteiger partial charge in [0, 0.05) is 12.2 Å². The zero-order chi connectivity index (χ0) is 18.6. The summed E-state index contributed by atoms with van der Waals surface area (Å²) in [5, 5.41) is 2.95. The number of rotatable bonds is 6. The first-order chi connectivity index (χ1) is 12.5. The predicted molar refractivity (Wildman–Crippen MR) is 100 cm³/mol. The highest BCUT2D eigenvalue weighted by molar-refractivity contribution is 5.98. The number of anilines is 1. The molecule has 0 saturated carbocycles. The van der Waals surface area contributed by atoms with Crippen molar-refractivity contribution in [3.05, 3.63) is 48.0 Å². The number of amides is 1. The van der Waals surface area contributed by atoms with Crippen molar-refractivity contribution in [3.63, 3.8) is 0 Å². The first-order valence-corrected chi connectivity index (χ1v) is 8.65. The van der Waals surface area contributed by atoms with Crippen LogP contribution in [0.15, 0.2) is 42.5 Å². The molecular weight excluding hydrogens is 332 g/mol. The summed E-state index contributed by atoms with van der Waals surface area (Å²) in [6.07, 6.45) is 0. The van der Waals surface area contributed by atoms with Gasteiger partial charge in [-0.05, 0) is 55.8 Å². The predicted octanol–water partition coefficient (Wildman–Crippen LogP) is 2.71. The standard InChI is InChI=1S/C20H24N2O4/c1-20(2,14-3-8-17-18(13-14)26-12-11-25-17)19(23)22-15-4-6-16(7-5-15)24-10-9-21/h3-8,13H,9-12,21H2,1-2H3,(H,22,23). The van der Waals surface area contributed by atoms with Crippen LogP contribution in [-0.4, -0.2) is 32.3 Å². The van der Waals surface area contributed by atoms with Gasteiger partial charge in [0.05, 0.1) is 5.41 Å². The number of ether oxygens (including phenoxy) is 3. The van der Waals surface area contributed by atoms with E-state index in [0.29, 0.717) is 43.6 Å². The molecule has 0 aliphatic carbocycles. The highest BCUT2D eigenvalue weighted by Crippen LogP contribution is 2.35. The molecule has 0 fully saturated rings. The molecule has 0 unspecified atom stereocenters. The van der Waals surface area contributed by atoms with E-state index in [4.69, 9.17) is 19.9 Å². The third kappa shape index (κ3) is 3.91. The topological polar surface area (TPSA) is 82.8 Å². The van der Waals surface area contributed by atoms with Gasteiger partial charge in [-0.1, -0.05) is 6.07 Å². The van der Waals surface area contributed by atoms with Gasteiger partial charge in [0.15, 0.2) is 11.5 Å². The fourth-order valence-corrected chi connectivity index (χ4v) is 2.66. The number of nitrogens with two attached hydrogens (primary N) is 1. The van der Waals surface area contributed by atoms with Crippen molar-refractivity contribution in [1.82, 2.24) is 0 Å². The van der Waals surface area contributed by atoms with Crippen LogP contribution < -0.4 is 25.3 Å². The molecule has 0 spiro atoms. The van der Waals surface area contributed by atoms with Crippen molar-refractivity contribution in [2.45, 2.75) is 19.3 Å². The van der Waals surface area contributed by atoms with Crippen molar-refractivity contribution in [1.29, 1.82) is 0 Å². The molecule has 0 bridgehead atoms. The molecule has 1 heterocycles. The molecule has 0 saturated heterocycles. The molecular formula is C20H24N2O4. The summed E-state index contributed by atoms with van der Waals surface area (Å²) < 4.78 is 16.6. The SMILES string of the molecule is CC(C)(C(=O)Nc1ccc(OCCN)cc1)c1ccc2c(c1)OCCO2. The van der Waals surface area contributed by atoms with Crippen molar-refractivity contribution in [2.75, 3.05) is 31.7 Å². The summed E-state index contributed by atoms with van der Waals surface area (Å²) in [7, 11) is 0. The third-order valence-electron chi connectivity index (χ3n) is 4.33. The molecule has 26 heavy (non-hydrogen) atoms. The Labute approximate surface area is 153 Å². The maximum Gasteiger partial charge on any atom is 0.234 e. The molecule has 0 radical (unpaired) electrons. The van der Waals surface area contributed by atoms with Gasteiger partial charge in [0.25, 0.3) is 0 Å². The highest BCUT2D eigenvalue weighted by atomic mass is 16.6. The fraction of sp³-hybridized carbons (Fsp3) is 0.350. The van der Waals surface area contributed by atoms with Gasteiger partial charge >= 0.3 is 0 Å². The van der Waals surface area contributed by atoms with Crippen LogP contribution in [0.1, 0.15) is 19.4 Å². The summed E-state index contributed by atoms with van der Waals surface area (Å²) in [5.74, 6) is 2.00. The average Bonchev–Trinajstić information content (AvgIpc) is 2.67. The van der Waals surface area contributed by atoms with Gasteiger partial charge in [-0.2, -0.15) is 0 Å². The second kappa shape index (κ2) is 7.66. The molecule has 1 aliphatic rings. The van der Waals surface area contributed by atoms with Crippen molar-refractivity contribution >= 4 is 11.6 Å². The molecule has 6 nitrogen and oxygen atoms in total. The van der Waals surface area contributed by atoms with Crippen LogP contribution >= 0.6 is 0 Å². The number of hydrogen-bond donors (Lipinski definition) is 2. The number of nitrogens with one attached hydrogen (secondary N) is 1. The van der Waals surface area contributed by atoms with E-state index in [1.165, 1.54) is 0 Å². The van der Waals surface area contributed by atoms with E-state index < -0.39 is 5.41 Å². The van der Waals surface area contributed by atoms with Crippen LogP contribution in [0.2, 0.25) is 0 Å². The van der Waals surface area contributed by atoms with Gasteiger partial charge in [0.2, 0.25) is 5.91 Å². The molecule has 1 aliphatic heterocycles. The smallest absolute Gasteiger partial charge is 0.234 e. The van der Waals surface area contributed by atoms with Crippen molar-refractivity contribution in [3.8, 4) is 17.2 Å². The van der Waals surface area contributed by atoms with Gasteiger partial charge < -0.3 is 25.3 Å². The maximum absolute atomic E-state index is 12.8. The van der Waals surface area contributed by atoms with E-state index in [-0.39, 0.29) is 5.91 Å². The van der Waals surface area contributed by atoms with E-state index in [9.17, 15) is 4.79 Å². The summed E-state index contributed by atoms with van der Waals surface area (Å²) >= 11 is 0. The van der Waals surface area contributed by atoms with Crippen LogP contribution in [0.5, 0.6) is 17.2 Å². The molecule has 2 aromatic rings. The maximum atomic E-state index is 12.8. The number of benzene rings is 2. The van der Waals surface area contributed by atoms with Crippen LogP contribution in [0, 0.1) is 0 Å². The Balaban J connectivity index is 1.71. The Morgan fingerprint density at radius 2 is 1.81 bits per heavy atom. The lowest BCUT2D eigenvalue weighted by Crippen LogP contribution is -2.34. The fourth-order valence-electron chi connectivity index (χ4n) is 2.66. The van der Waals surface area contributed by atoms with Gasteiger partial charge in [0.1, 0.15) is 25.6 Å². The number of fused-ring (bicyclic) bond motifs is 1. The van der Waals surface area contributed by atoms with Gasteiger partial charge in [-0.25, -0.2) is 0 Å². The monoisotopic (exact) mass is 356 g/mol. The molecule has 0 atom stereocenters. The molecule has 3 N–H and O–H groups in total. The van der Waals surface area contributed by atoms with Gasteiger partial charge in [-0.3, -0.25) is 4.79 Å². The average molecular weight is 356 g/mol. The Bertz CT molecular complexity index is 772. The quantitative estimate of drug-likeness (QED) is 0.831. The van der Waals surface area contributed by atoms with Crippen LogP contribution in [0.25, 0.3) is 0 Å². The number of carbonyl (C=O) groups is 1. The van der Waals surface area contributed by atoms with E-state index in [2.05, 4.69) is 5.32 Å². The molecule has 2 aromatic carbocycles. The normalized spacial score (nSPS) is 13.2. The summed E-state index contributed by atoms with van der Waals surface area (Å²) in [6, 6.07) is 12.9.